The first-order chi connectivity index (χ1) is 6.77. The molecule has 0 aliphatic carbocycles. The van der Waals surface area contributed by atoms with Crippen molar-refractivity contribution in [3.05, 3.63) is 0 Å². The van der Waals surface area contributed by atoms with Crippen LogP contribution in [0.15, 0.2) is 0 Å². The standard InChI is InChI=1S/C10H17NO3/c12-10(13)9-4-3-8(11-9)7-2-1-5-14-6-7/h7-9,11H,1-6H2,(H,12,13). The van der Waals surface area contributed by atoms with Gasteiger partial charge in [-0.1, -0.05) is 0 Å². The quantitative estimate of drug-likeness (QED) is 0.684. The molecule has 0 aromatic carbocycles. The molecule has 2 saturated heterocycles. The number of ether oxygens (including phenoxy) is 1. The van der Waals surface area contributed by atoms with E-state index >= 15 is 0 Å². The Labute approximate surface area is 83.6 Å². The minimum Gasteiger partial charge on any atom is -0.480 e. The van der Waals surface area contributed by atoms with Crippen LogP contribution in [0.5, 0.6) is 0 Å². The van der Waals surface area contributed by atoms with Gasteiger partial charge in [-0.3, -0.25) is 4.79 Å². The van der Waals surface area contributed by atoms with Gasteiger partial charge in [0, 0.05) is 12.6 Å². The molecule has 0 aromatic heterocycles. The second-order valence-electron chi connectivity index (χ2n) is 4.22. The Hall–Kier alpha value is -0.610. The minimum atomic E-state index is -0.718. The molecule has 80 valence electrons. The third-order valence-electron chi connectivity index (χ3n) is 3.24. The number of nitrogens with one attached hydrogen (secondary N) is 1. The predicted molar refractivity (Wildman–Crippen MR) is 51.1 cm³/mol. The van der Waals surface area contributed by atoms with Gasteiger partial charge < -0.3 is 15.2 Å². The first-order valence-electron chi connectivity index (χ1n) is 5.34. The summed E-state index contributed by atoms with van der Waals surface area (Å²) in [6, 6.07) is 0.0262. The van der Waals surface area contributed by atoms with Crippen LogP contribution in [0.4, 0.5) is 0 Å². The molecule has 4 heteroatoms. The van der Waals surface area contributed by atoms with Crippen LogP contribution in [-0.2, 0) is 9.53 Å². The molecule has 14 heavy (non-hydrogen) atoms. The molecule has 2 rings (SSSR count). The number of hydrogen-bond donors (Lipinski definition) is 2. The molecule has 2 aliphatic rings. The fourth-order valence-electron chi connectivity index (χ4n) is 2.42. The number of aliphatic carboxylic acids is 1. The van der Waals surface area contributed by atoms with Gasteiger partial charge in [-0.2, -0.15) is 0 Å². The van der Waals surface area contributed by atoms with Crippen molar-refractivity contribution >= 4 is 5.97 Å². The topological polar surface area (TPSA) is 58.6 Å². The van der Waals surface area contributed by atoms with Gasteiger partial charge in [-0.05, 0) is 31.6 Å². The highest BCUT2D eigenvalue weighted by molar-refractivity contribution is 5.73. The highest BCUT2D eigenvalue weighted by Gasteiger charge is 2.34. The van der Waals surface area contributed by atoms with Gasteiger partial charge in [0.25, 0.3) is 0 Å². The maximum absolute atomic E-state index is 10.7. The minimum absolute atomic E-state index is 0.332. The van der Waals surface area contributed by atoms with Crippen molar-refractivity contribution in [1.29, 1.82) is 0 Å². The number of carbonyl (C=O) groups is 1. The lowest BCUT2D eigenvalue weighted by Gasteiger charge is -2.27. The molecule has 0 saturated carbocycles. The van der Waals surface area contributed by atoms with E-state index in [1.54, 1.807) is 0 Å². The second kappa shape index (κ2) is 4.28. The summed E-state index contributed by atoms with van der Waals surface area (Å²) in [6.45, 7) is 1.66. The van der Waals surface area contributed by atoms with E-state index in [9.17, 15) is 4.79 Å². The molecule has 0 amide bonds. The van der Waals surface area contributed by atoms with Crippen LogP contribution in [-0.4, -0.2) is 36.4 Å². The van der Waals surface area contributed by atoms with E-state index in [1.807, 2.05) is 0 Å². The first kappa shape index (κ1) is 9.93. The zero-order valence-electron chi connectivity index (χ0n) is 8.24. The Bertz CT molecular complexity index is 213. The summed E-state index contributed by atoms with van der Waals surface area (Å²) in [6.07, 6.45) is 4.02. The van der Waals surface area contributed by atoms with Crippen molar-refractivity contribution in [3.63, 3.8) is 0 Å². The van der Waals surface area contributed by atoms with Gasteiger partial charge in [0.1, 0.15) is 6.04 Å². The molecule has 3 unspecified atom stereocenters. The van der Waals surface area contributed by atoms with Crippen LogP contribution >= 0.6 is 0 Å². The van der Waals surface area contributed by atoms with Crippen LogP contribution in [0, 0.1) is 5.92 Å². The molecule has 2 fully saturated rings. The molecule has 0 spiro atoms. The van der Waals surface area contributed by atoms with E-state index in [2.05, 4.69) is 5.32 Å². The molecule has 2 N–H and O–H groups in total. The van der Waals surface area contributed by atoms with E-state index in [0.717, 1.165) is 32.5 Å². The van der Waals surface area contributed by atoms with Crippen molar-refractivity contribution in [2.24, 2.45) is 5.92 Å². The van der Waals surface area contributed by atoms with Gasteiger partial charge in [0.2, 0.25) is 0 Å². The van der Waals surface area contributed by atoms with E-state index in [1.165, 1.54) is 6.42 Å². The smallest absolute Gasteiger partial charge is 0.320 e. The monoisotopic (exact) mass is 199 g/mol. The molecule has 4 nitrogen and oxygen atoms in total. The van der Waals surface area contributed by atoms with Gasteiger partial charge >= 0.3 is 5.97 Å². The van der Waals surface area contributed by atoms with Crippen molar-refractivity contribution in [3.8, 4) is 0 Å². The van der Waals surface area contributed by atoms with Gasteiger partial charge in [-0.15, -0.1) is 0 Å². The van der Waals surface area contributed by atoms with E-state index < -0.39 is 5.97 Å². The molecule has 0 bridgehead atoms. The van der Waals surface area contributed by atoms with Gasteiger partial charge in [-0.25, -0.2) is 0 Å². The summed E-state index contributed by atoms with van der Waals surface area (Å²) in [7, 11) is 0. The molecule has 0 aromatic rings. The fraction of sp³-hybridized carbons (Fsp3) is 0.900. The maximum Gasteiger partial charge on any atom is 0.320 e. The maximum atomic E-state index is 10.7. The summed E-state index contributed by atoms with van der Waals surface area (Å²) < 4.78 is 5.40. The molecule has 2 aliphatic heterocycles. The molecular weight excluding hydrogens is 182 g/mol. The molecule has 0 radical (unpaired) electrons. The highest BCUT2D eigenvalue weighted by atomic mass is 16.5. The second-order valence-corrected chi connectivity index (χ2v) is 4.22. The molecular formula is C10H17NO3. The number of carboxylic acids is 1. The Morgan fingerprint density at radius 3 is 2.79 bits per heavy atom. The lowest BCUT2D eigenvalue weighted by atomic mass is 9.93. The first-order valence-corrected chi connectivity index (χ1v) is 5.34. The summed E-state index contributed by atoms with van der Waals surface area (Å²) in [5, 5.41) is 12.0. The van der Waals surface area contributed by atoms with Crippen LogP contribution in [0.2, 0.25) is 0 Å². The summed E-state index contributed by atoms with van der Waals surface area (Å²) >= 11 is 0. The normalized spacial score (nSPS) is 38.4. The van der Waals surface area contributed by atoms with Crippen LogP contribution in [0.3, 0.4) is 0 Å². The van der Waals surface area contributed by atoms with Crippen molar-refractivity contribution in [2.45, 2.75) is 37.8 Å². The largest absolute Gasteiger partial charge is 0.480 e. The van der Waals surface area contributed by atoms with E-state index in [0.29, 0.717) is 12.0 Å². The van der Waals surface area contributed by atoms with Crippen molar-refractivity contribution in [1.82, 2.24) is 5.32 Å². The summed E-state index contributed by atoms with van der Waals surface area (Å²) in [4.78, 5) is 10.7. The average molecular weight is 199 g/mol. The van der Waals surface area contributed by atoms with Crippen LogP contribution in [0.1, 0.15) is 25.7 Å². The number of rotatable bonds is 2. The van der Waals surface area contributed by atoms with Crippen molar-refractivity contribution < 1.29 is 14.6 Å². The highest BCUT2D eigenvalue weighted by Crippen LogP contribution is 2.25. The average Bonchev–Trinajstić information content (AvgIpc) is 2.68. The zero-order valence-corrected chi connectivity index (χ0v) is 8.24. The third-order valence-corrected chi connectivity index (χ3v) is 3.24. The lowest BCUT2D eigenvalue weighted by molar-refractivity contribution is -0.139. The predicted octanol–water partition coefficient (Wildman–Crippen LogP) is 0.618. The van der Waals surface area contributed by atoms with E-state index in [4.69, 9.17) is 9.84 Å². The molecule has 2 heterocycles. The fourth-order valence-corrected chi connectivity index (χ4v) is 2.42. The van der Waals surface area contributed by atoms with E-state index in [-0.39, 0.29) is 6.04 Å². The zero-order chi connectivity index (χ0) is 9.97. The summed E-state index contributed by atoms with van der Waals surface area (Å²) in [5.74, 6) is -0.197. The SMILES string of the molecule is O=C(O)C1CCC(C2CCCOC2)N1. The summed E-state index contributed by atoms with van der Waals surface area (Å²) in [5.41, 5.74) is 0. The van der Waals surface area contributed by atoms with Crippen LogP contribution in [0.25, 0.3) is 0 Å². The lowest BCUT2D eigenvalue weighted by Crippen LogP contribution is -2.41. The number of carboxylic acid groups (broad SMARTS) is 1. The number of hydrogen-bond acceptors (Lipinski definition) is 3. The Morgan fingerprint density at radius 1 is 1.36 bits per heavy atom. The Balaban J connectivity index is 1.85. The van der Waals surface area contributed by atoms with Crippen LogP contribution < -0.4 is 5.32 Å². The molecule has 3 atom stereocenters. The van der Waals surface area contributed by atoms with Crippen molar-refractivity contribution in [2.75, 3.05) is 13.2 Å². The van der Waals surface area contributed by atoms with Gasteiger partial charge in [0.05, 0.1) is 6.61 Å². The Kier molecular flexibility index (Phi) is 3.03. The Morgan fingerprint density at radius 2 is 2.21 bits per heavy atom. The van der Waals surface area contributed by atoms with Gasteiger partial charge in [0.15, 0.2) is 0 Å². The third kappa shape index (κ3) is 2.07.